The maximum Gasteiger partial charge on any atom is 0.419 e. The minimum atomic E-state index is -1.17. The molecule has 2 saturated heterocycles. The number of hydrogen-bond donors (Lipinski definition) is 3. The van der Waals surface area contributed by atoms with Crippen molar-refractivity contribution >= 4 is 12.1 Å². The fourth-order valence-corrected chi connectivity index (χ4v) is 4.52. The second-order valence-electron chi connectivity index (χ2n) is 7.31. The molecule has 8 heteroatoms. The molecule has 2 fully saturated rings. The molecule has 7 nitrogen and oxygen atoms in total. The summed E-state index contributed by atoms with van der Waals surface area (Å²) in [5.41, 5.74) is 6.00. The molecular formula is C21H23FN4O3. The fraction of sp³-hybridized carbons (Fsp3) is 0.333. The van der Waals surface area contributed by atoms with E-state index >= 15 is 0 Å². The highest BCUT2D eigenvalue weighted by Crippen LogP contribution is 2.47. The van der Waals surface area contributed by atoms with Crippen molar-refractivity contribution in [2.45, 2.75) is 17.5 Å². The number of nitrogens with one attached hydrogen (secondary N) is 2. The van der Waals surface area contributed by atoms with Crippen LogP contribution in [0.15, 0.2) is 54.6 Å². The van der Waals surface area contributed by atoms with Gasteiger partial charge in [0.25, 0.3) is 0 Å². The van der Waals surface area contributed by atoms with Gasteiger partial charge < -0.3 is 21.1 Å². The van der Waals surface area contributed by atoms with Crippen LogP contribution in [-0.2, 0) is 10.3 Å². The zero-order chi connectivity index (χ0) is 20.4. The van der Waals surface area contributed by atoms with Gasteiger partial charge in [0.2, 0.25) is 0 Å². The van der Waals surface area contributed by atoms with Gasteiger partial charge in [0.15, 0.2) is 0 Å². The first-order valence-corrected chi connectivity index (χ1v) is 9.55. The van der Waals surface area contributed by atoms with Gasteiger partial charge in [-0.3, -0.25) is 0 Å². The van der Waals surface area contributed by atoms with Gasteiger partial charge in [-0.25, -0.2) is 18.9 Å². The quantitative estimate of drug-likeness (QED) is 0.731. The highest BCUT2D eigenvalue weighted by Gasteiger charge is 2.58. The molecule has 4 N–H and O–H groups in total. The molecule has 2 aliphatic rings. The van der Waals surface area contributed by atoms with Crippen molar-refractivity contribution < 1.29 is 18.7 Å². The number of hydrogen-bond acceptors (Lipinski definition) is 5. The minimum absolute atomic E-state index is 0.0426. The molecule has 152 valence electrons. The number of cyclic esters (lactones) is 1. The molecule has 2 aromatic carbocycles. The zero-order valence-electron chi connectivity index (χ0n) is 15.8. The lowest BCUT2D eigenvalue weighted by molar-refractivity contribution is 0.124. The predicted octanol–water partition coefficient (Wildman–Crippen LogP) is 1.90. The summed E-state index contributed by atoms with van der Waals surface area (Å²) in [6, 6.07) is 14.3. The molecule has 3 unspecified atom stereocenters. The van der Waals surface area contributed by atoms with Crippen molar-refractivity contribution in [3.05, 3.63) is 71.5 Å². The Bertz CT molecular complexity index is 887. The van der Waals surface area contributed by atoms with Crippen LogP contribution in [0.3, 0.4) is 0 Å². The van der Waals surface area contributed by atoms with Crippen LogP contribution in [0.25, 0.3) is 0 Å². The molecule has 3 atom stereocenters. The van der Waals surface area contributed by atoms with Crippen LogP contribution in [-0.4, -0.2) is 49.3 Å². The second-order valence-corrected chi connectivity index (χ2v) is 7.31. The Morgan fingerprint density at radius 1 is 1.17 bits per heavy atom. The molecule has 2 heterocycles. The van der Waals surface area contributed by atoms with Crippen LogP contribution in [0.2, 0.25) is 0 Å². The van der Waals surface area contributed by atoms with E-state index in [0.717, 1.165) is 29.1 Å². The number of halogens is 1. The van der Waals surface area contributed by atoms with Gasteiger partial charge in [0, 0.05) is 31.6 Å². The molecule has 0 aromatic heterocycles. The predicted molar refractivity (Wildman–Crippen MR) is 105 cm³/mol. The Kier molecular flexibility index (Phi) is 5.21. The van der Waals surface area contributed by atoms with Gasteiger partial charge >= 0.3 is 12.1 Å². The molecule has 2 aromatic rings. The van der Waals surface area contributed by atoms with Gasteiger partial charge in [0.1, 0.15) is 18.0 Å². The van der Waals surface area contributed by atoms with Crippen molar-refractivity contribution in [2.24, 2.45) is 5.73 Å². The topological polar surface area (TPSA) is 96.7 Å². The molecule has 2 aliphatic heterocycles. The Hall–Kier alpha value is -2.97. The van der Waals surface area contributed by atoms with E-state index < -0.39 is 23.6 Å². The number of nitrogens with two attached hydrogens (primary N) is 1. The lowest BCUT2D eigenvalue weighted by atomic mass is 9.70. The maximum absolute atomic E-state index is 13.7. The zero-order valence-corrected chi connectivity index (χ0v) is 15.8. The normalized spacial score (nSPS) is 25.5. The van der Waals surface area contributed by atoms with Gasteiger partial charge in [-0.05, 0) is 23.3 Å². The number of primary amides is 1. The third kappa shape index (κ3) is 3.34. The number of nitrogens with zero attached hydrogens (tertiary/aromatic N) is 1. The first kappa shape index (κ1) is 19.4. The molecule has 4 rings (SSSR count). The minimum Gasteiger partial charge on any atom is -0.446 e. The lowest BCUT2D eigenvalue weighted by Crippen LogP contribution is -2.61. The molecule has 0 bridgehead atoms. The number of carbonyl (C=O) groups is 2. The van der Waals surface area contributed by atoms with Crippen molar-refractivity contribution in [2.75, 3.05) is 26.2 Å². The standard InChI is InChI=1S/C21H23FN4O3/c22-16-8-6-14(7-9-16)18(17-12-24-10-11-25-17)21(15-4-2-1-3-5-15)13-29-20(28)26(21)19(23)27/h1-9,17-18,24-25H,10-13H2,(H2,23,27). The van der Waals surface area contributed by atoms with E-state index in [1.807, 2.05) is 30.3 Å². The van der Waals surface area contributed by atoms with Gasteiger partial charge in [0.05, 0.1) is 0 Å². The van der Waals surface area contributed by atoms with E-state index in [1.54, 1.807) is 12.1 Å². The summed E-state index contributed by atoms with van der Waals surface area (Å²) >= 11 is 0. The number of rotatable bonds is 4. The van der Waals surface area contributed by atoms with E-state index in [0.29, 0.717) is 6.54 Å². The van der Waals surface area contributed by atoms with Crippen molar-refractivity contribution in [1.82, 2.24) is 15.5 Å². The van der Waals surface area contributed by atoms with Gasteiger partial charge in [-0.15, -0.1) is 0 Å². The van der Waals surface area contributed by atoms with E-state index in [1.165, 1.54) is 12.1 Å². The first-order chi connectivity index (χ1) is 14.0. The molecule has 0 saturated carbocycles. The largest absolute Gasteiger partial charge is 0.446 e. The van der Waals surface area contributed by atoms with Crippen LogP contribution < -0.4 is 16.4 Å². The summed E-state index contributed by atoms with van der Waals surface area (Å²) in [4.78, 5) is 26.0. The molecule has 0 aliphatic carbocycles. The highest BCUT2D eigenvalue weighted by atomic mass is 19.1. The SMILES string of the molecule is NC(=O)N1C(=O)OCC1(c1ccccc1)C(c1ccc(F)cc1)C1CNCCN1. The Balaban J connectivity index is 1.94. The average Bonchev–Trinajstić information content (AvgIpc) is 3.09. The molecular weight excluding hydrogens is 375 g/mol. The molecule has 0 spiro atoms. The molecule has 0 radical (unpaired) electrons. The Morgan fingerprint density at radius 2 is 1.90 bits per heavy atom. The van der Waals surface area contributed by atoms with E-state index in [-0.39, 0.29) is 18.5 Å². The lowest BCUT2D eigenvalue weighted by Gasteiger charge is -2.45. The van der Waals surface area contributed by atoms with Crippen LogP contribution in [0.4, 0.5) is 14.0 Å². The second kappa shape index (κ2) is 7.81. The van der Waals surface area contributed by atoms with Crippen LogP contribution in [0.5, 0.6) is 0 Å². The van der Waals surface area contributed by atoms with E-state index in [9.17, 15) is 14.0 Å². The number of ether oxygens (including phenoxy) is 1. The number of urea groups is 1. The third-order valence-corrected chi connectivity index (χ3v) is 5.71. The van der Waals surface area contributed by atoms with Crippen molar-refractivity contribution in [1.29, 1.82) is 0 Å². The van der Waals surface area contributed by atoms with Gasteiger partial charge in [-0.1, -0.05) is 42.5 Å². The number of piperazine rings is 1. The smallest absolute Gasteiger partial charge is 0.419 e. The number of benzene rings is 2. The fourth-order valence-electron chi connectivity index (χ4n) is 4.52. The molecule has 29 heavy (non-hydrogen) atoms. The summed E-state index contributed by atoms with van der Waals surface area (Å²) < 4.78 is 19.0. The number of carbonyl (C=O) groups excluding carboxylic acids is 2. The maximum atomic E-state index is 13.7. The summed E-state index contributed by atoms with van der Waals surface area (Å²) in [5.74, 6) is -0.779. The first-order valence-electron chi connectivity index (χ1n) is 9.55. The van der Waals surface area contributed by atoms with E-state index in [4.69, 9.17) is 10.5 Å². The van der Waals surface area contributed by atoms with Crippen LogP contribution in [0, 0.1) is 5.82 Å². The van der Waals surface area contributed by atoms with E-state index in [2.05, 4.69) is 10.6 Å². The van der Waals surface area contributed by atoms with Gasteiger partial charge in [-0.2, -0.15) is 0 Å². The Morgan fingerprint density at radius 3 is 2.52 bits per heavy atom. The summed E-state index contributed by atoms with van der Waals surface area (Å²) in [6.45, 7) is 2.09. The monoisotopic (exact) mass is 398 g/mol. The third-order valence-electron chi connectivity index (χ3n) is 5.71. The highest BCUT2D eigenvalue weighted by molar-refractivity contribution is 5.93. The number of imide groups is 1. The van der Waals surface area contributed by atoms with Crippen LogP contribution >= 0.6 is 0 Å². The summed E-state index contributed by atoms with van der Waals surface area (Å²) in [5, 5.41) is 6.82. The van der Waals surface area contributed by atoms with Crippen molar-refractivity contribution in [3.8, 4) is 0 Å². The summed E-state index contributed by atoms with van der Waals surface area (Å²) in [7, 11) is 0. The van der Waals surface area contributed by atoms with Crippen molar-refractivity contribution in [3.63, 3.8) is 0 Å². The Labute approximate surface area is 168 Å². The van der Waals surface area contributed by atoms with Crippen LogP contribution in [0.1, 0.15) is 17.0 Å². The summed E-state index contributed by atoms with van der Waals surface area (Å²) in [6.07, 6.45) is -0.780. The average molecular weight is 398 g/mol. The number of amides is 3. The molecule has 3 amide bonds.